The number of aryl methyl sites for hydroxylation is 1. The Hall–Kier alpha value is -2.48. The molecule has 0 fully saturated rings. The average Bonchev–Trinajstić information content (AvgIpc) is 2.96. The highest BCUT2D eigenvalue weighted by Crippen LogP contribution is 2.33. The van der Waals surface area contributed by atoms with Crippen LogP contribution in [0.2, 0.25) is 0 Å². The van der Waals surface area contributed by atoms with Gasteiger partial charge in [0.2, 0.25) is 0 Å². The number of aromatic nitrogens is 2. The summed E-state index contributed by atoms with van der Waals surface area (Å²) >= 11 is 6.43. The zero-order chi connectivity index (χ0) is 18.2. The Morgan fingerprint density at radius 2 is 2.00 bits per heavy atom. The highest BCUT2D eigenvalue weighted by molar-refractivity contribution is 6.31. The Balaban J connectivity index is 1.91. The van der Waals surface area contributed by atoms with Gasteiger partial charge >= 0.3 is 6.18 Å². The SMILES string of the molecule is Cc1cnn(C2=NC(N)=CN(Cc3ccccc3C(F)(F)F)C2Cl)c1. The van der Waals surface area contributed by atoms with E-state index in [-0.39, 0.29) is 17.9 Å². The van der Waals surface area contributed by atoms with Crippen LogP contribution in [0.4, 0.5) is 13.2 Å². The second-order valence-electron chi connectivity index (χ2n) is 5.65. The molecular formula is C16H15ClF3N5. The van der Waals surface area contributed by atoms with Crippen molar-refractivity contribution in [2.75, 3.05) is 0 Å². The Bertz CT molecular complexity index is 840. The minimum Gasteiger partial charge on any atom is -0.382 e. The van der Waals surface area contributed by atoms with Crippen LogP contribution in [-0.2, 0) is 12.7 Å². The Labute approximate surface area is 147 Å². The van der Waals surface area contributed by atoms with Crippen molar-refractivity contribution in [3.05, 3.63) is 65.4 Å². The minimum absolute atomic E-state index is 0.0657. The molecule has 132 valence electrons. The van der Waals surface area contributed by atoms with Crippen molar-refractivity contribution in [1.82, 2.24) is 14.7 Å². The van der Waals surface area contributed by atoms with Gasteiger partial charge in [-0.15, -0.1) is 0 Å². The maximum atomic E-state index is 13.2. The first-order chi connectivity index (χ1) is 11.8. The van der Waals surface area contributed by atoms with Gasteiger partial charge in [-0.1, -0.05) is 29.8 Å². The molecule has 3 rings (SSSR count). The molecule has 1 aromatic heterocycles. The first-order valence-corrected chi connectivity index (χ1v) is 7.82. The van der Waals surface area contributed by atoms with Crippen LogP contribution in [0.15, 0.2) is 53.7 Å². The van der Waals surface area contributed by atoms with Crippen LogP contribution >= 0.6 is 11.6 Å². The molecule has 1 atom stereocenters. The normalized spacial score (nSPS) is 18.1. The highest BCUT2D eigenvalue weighted by Gasteiger charge is 2.34. The van der Waals surface area contributed by atoms with Gasteiger partial charge in [-0.05, 0) is 24.1 Å². The van der Waals surface area contributed by atoms with E-state index in [9.17, 15) is 13.2 Å². The molecule has 0 amide bonds. The van der Waals surface area contributed by atoms with Gasteiger partial charge in [0.1, 0.15) is 5.82 Å². The summed E-state index contributed by atoms with van der Waals surface area (Å²) in [6.45, 7) is 1.79. The van der Waals surface area contributed by atoms with Gasteiger partial charge in [-0.25, -0.2) is 9.67 Å². The molecule has 0 saturated heterocycles. The lowest BCUT2D eigenvalue weighted by Gasteiger charge is -2.31. The summed E-state index contributed by atoms with van der Waals surface area (Å²) in [5, 5.41) is 4.13. The molecule has 2 heterocycles. The van der Waals surface area contributed by atoms with Crippen LogP contribution < -0.4 is 5.73 Å². The predicted molar refractivity (Wildman–Crippen MR) is 88.7 cm³/mol. The number of nitrogens with two attached hydrogens (primary N) is 1. The van der Waals surface area contributed by atoms with Crippen LogP contribution in [-0.4, -0.2) is 26.0 Å². The molecule has 0 spiro atoms. The van der Waals surface area contributed by atoms with Crippen LogP contribution in [0.25, 0.3) is 0 Å². The summed E-state index contributed by atoms with van der Waals surface area (Å²) in [4.78, 5) is 5.67. The lowest BCUT2D eigenvalue weighted by molar-refractivity contribution is -0.138. The topological polar surface area (TPSA) is 59.4 Å². The number of nitrogens with zero attached hydrogens (tertiary/aromatic N) is 4. The molecule has 1 aromatic carbocycles. The third-order valence-corrected chi connectivity index (χ3v) is 4.11. The van der Waals surface area contributed by atoms with Crippen molar-refractivity contribution in [2.45, 2.75) is 25.1 Å². The maximum absolute atomic E-state index is 13.2. The molecule has 25 heavy (non-hydrogen) atoms. The van der Waals surface area contributed by atoms with E-state index in [4.69, 9.17) is 17.3 Å². The van der Waals surface area contributed by atoms with Crippen molar-refractivity contribution >= 4 is 17.4 Å². The first-order valence-electron chi connectivity index (χ1n) is 7.38. The smallest absolute Gasteiger partial charge is 0.382 e. The molecule has 9 heteroatoms. The van der Waals surface area contributed by atoms with Gasteiger partial charge in [0, 0.05) is 18.9 Å². The van der Waals surface area contributed by atoms with Gasteiger partial charge < -0.3 is 10.6 Å². The molecule has 0 aliphatic carbocycles. The molecule has 2 aromatic rings. The lowest BCUT2D eigenvalue weighted by Crippen LogP contribution is -2.40. The van der Waals surface area contributed by atoms with Gasteiger partial charge in [-0.2, -0.15) is 18.3 Å². The Morgan fingerprint density at radius 3 is 2.64 bits per heavy atom. The van der Waals surface area contributed by atoms with Crippen LogP contribution in [0.1, 0.15) is 16.7 Å². The van der Waals surface area contributed by atoms with Crippen molar-refractivity contribution < 1.29 is 13.2 Å². The van der Waals surface area contributed by atoms with Crippen LogP contribution in [0.5, 0.6) is 0 Å². The minimum atomic E-state index is -4.44. The van der Waals surface area contributed by atoms with E-state index in [1.807, 2.05) is 6.92 Å². The molecule has 0 radical (unpaired) electrons. The molecule has 2 N–H and O–H groups in total. The quantitative estimate of drug-likeness (QED) is 0.652. The van der Waals surface area contributed by atoms with Crippen molar-refractivity contribution in [3.8, 4) is 0 Å². The monoisotopic (exact) mass is 369 g/mol. The number of benzene rings is 1. The summed E-state index contributed by atoms with van der Waals surface area (Å²) in [5.41, 5.74) is 5.29. The summed E-state index contributed by atoms with van der Waals surface area (Å²) in [5.74, 6) is 0.476. The fourth-order valence-corrected chi connectivity index (χ4v) is 2.83. The zero-order valence-electron chi connectivity index (χ0n) is 13.2. The molecule has 0 bridgehead atoms. The highest BCUT2D eigenvalue weighted by atomic mass is 35.5. The maximum Gasteiger partial charge on any atom is 0.416 e. The zero-order valence-corrected chi connectivity index (χ0v) is 14.0. The second kappa shape index (κ2) is 6.44. The average molecular weight is 370 g/mol. The third-order valence-electron chi connectivity index (χ3n) is 3.67. The predicted octanol–water partition coefficient (Wildman–Crippen LogP) is 3.30. The fraction of sp³-hybridized carbons (Fsp3) is 0.250. The summed E-state index contributed by atoms with van der Waals surface area (Å²) in [7, 11) is 0. The van der Waals surface area contributed by atoms with Crippen LogP contribution in [0, 0.1) is 6.92 Å². The molecule has 0 saturated carbocycles. The van der Waals surface area contributed by atoms with E-state index in [1.54, 1.807) is 18.5 Å². The molecular weight excluding hydrogens is 355 g/mol. The fourth-order valence-electron chi connectivity index (χ4n) is 2.55. The van der Waals surface area contributed by atoms with E-state index in [2.05, 4.69) is 10.1 Å². The summed E-state index contributed by atoms with van der Waals surface area (Å²) in [6, 6.07) is 5.36. The number of aliphatic imine (C=N–C) groups is 1. The van der Waals surface area contributed by atoms with Crippen LogP contribution in [0.3, 0.4) is 0 Å². The summed E-state index contributed by atoms with van der Waals surface area (Å²) < 4.78 is 41.0. The van der Waals surface area contributed by atoms with Gasteiger partial charge in [0.15, 0.2) is 11.3 Å². The molecule has 5 nitrogen and oxygen atoms in total. The van der Waals surface area contributed by atoms with E-state index in [0.717, 1.165) is 11.6 Å². The second-order valence-corrected chi connectivity index (χ2v) is 6.06. The van der Waals surface area contributed by atoms with E-state index >= 15 is 0 Å². The number of hydrogen-bond donors (Lipinski definition) is 1. The van der Waals surface area contributed by atoms with E-state index < -0.39 is 17.2 Å². The number of halogens is 4. The van der Waals surface area contributed by atoms with Crippen molar-refractivity contribution in [3.63, 3.8) is 0 Å². The van der Waals surface area contributed by atoms with Gasteiger partial charge in [-0.3, -0.25) is 0 Å². The van der Waals surface area contributed by atoms with E-state index in [0.29, 0.717) is 5.84 Å². The Morgan fingerprint density at radius 1 is 1.28 bits per heavy atom. The standard InChI is InChI=1S/C16H15ClF3N5/c1-10-6-22-25(7-10)15-14(17)24(9-13(21)23-15)8-11-4-2-3-5-12(11)16(18,19)20/h2-7,9,14H,8,21H2,1H3. The third kappa shape index (κ3) is 3.63. The number of rotatable bonds is 2. The number of alkyl halides is 4. The van der Waals surface area contributed by atoms with Gasteiger partial charge in [0.25, 0.3) is 0 Å². The first kappa shape index (κ1) is 17.3. The largest absolute Gasteiger partial charge is 0.416 e. The van der Waals surface area contributed by atoms with Crippen molar-refractivity contribution in [1.29, 1.82) is 0 Å². The molecule has 1 unspecified atom stereocenters. The number of hydrogen-bond acceptors (Lipinski definition) is 4. The van der Waals surface area contributed by atoms with Gasteiger partial charge in [0.05, 0.1) is 11.8 Å². The van der Waals surface area contributed by atoms with Crippen molar-refractivity contribution in [2.24, 2.45) is 10.7 Å². The van der Waals surface area contributed by atoms with E-state index in [1.165, 1.54) is 27.9 Å². The lowest BCUT2D eigenvalue weighted by atomic mass is 10.1. The molecule has 1 aliphatic rings. The molecule has 1 aliphatic heterocycles. The summed E-state index contributed by atoms with van der Waals surface area (Å²) in [6.07, 6.45) is 0.336. The Kier molecular flexibility index (Phi) is 4.47.